The first-order valence-electron chi connectivity index (χ1n) is 10.5. The summed E-state index contributed by atoms with van der Waals surface area (Å²) in [5, 5.41) is 7.70. The second-order valence-corrected chi connectivity index (χ2v) is 7.23. The summed E-state index contributed by atoms with van der Waals surface area (Å²) >= 11 is 0. The highest BCUT2D eigenvalue weighted by atomic mass is 16.5. The van der Waals surface area contributed by atoms with E-state index in [1.807, 2.05) is 30.2 Å². The van der Waals surface area contributed by atoms with E-state index in [1.54, 1.807) is 0 Å². The number of nitrogens with one attached hydrogen (secondary N) is 1. The largest absolute Gasteiger partial charge is 0.494 e. The van der Waals surface area contributed by atoms with Crippen LogP contribution >= 0.6 is 0 Å². The Hall–Kier alpha value is -2.54. The lowest BCUT2D eigenvalue weighted by molar-refractivity contribution is -0.00803. The molecule has 1 atom stereocenters. The Kier molecular flexibility index (Phi) is 7.93. The highest BCUT2D eigenvalue weighted by Crippen LogP contribution is 2.21. The number of aliphatic imine (C=N–C) groups is 1. The molecule has 158 valence electrons. The van der Waals surface area contributed by atoms with Gasteiger partial charge in [0.1, 0.15) is 11.9 Å². The Labute approximate surface area is 173 Å². The molecule has 1 N–H and O–H groups in total. The van der Waals surface area contributed by atoms with Crippen LogP contribution in [0.1, 0.15) is 37.5 Å². The van der Waals surface area contributed by atoms with Gasteiger partial charge in [0.25, 0.3) is 0 Å². The van der Waals surface area contributed by atoms with Crippen LogP contribution in [0, 0.1) is 0 Å². The third kappa shape index (κ3) is 6.22. The fraction of sp³-hybridized carbons (Fsp3) is 0.545. The molecule has 1 aliphatic rings. The van der Waals surface area contributed by atoms with Gasteiger partial charge in [-0.3, -0.25) is 9.67 Å². The molecule has 1 fully saturated rings. The topological polar surface area (TPSA) is 63.9 Å². The molecular formula is C22H33N5O2. The second-order valence-electron chi connectivity index (χ2n) is 7.23. The highest BCUT2D eigenvalue weighted by Gasteiger charge is 2.25. The monoisotopic (exact) mass is 399 g/mol. The molecule has 0 amide bonds. The van der Waals surface area contributed by atoms with Crippen LogP contribution < -0.4 is 10.1 Å². The van der Waals surface area contributed by atoms with Crippen molar-refractivity contribution in [2.45, 2.75) is 32.8 Å². The first-order valence-corrected chi connectivity index (χ1v) is 10.5. The summed E-state index contributed by atoms with van der Waals surface area (Å²) in [5.41, 5.74) is 2.35. The molecule has 0 spiro atoms. The smallest absolute Gasteiger partial charge is 0.194 e. The zero-order valence-corrected chi connectivity index (χ0v) is 17.8. The molecule has 1 aromatic heterocycles. The van der Waals surface area contributed by atoms with Crippen LogP contribution in [0.3, 0.4) is 0 Å². The van der Waals surface area contributed by atoms with Gasteiger partial charge in [-0.05, 0) is 37.5 Å². The van der Waals surface area contributed by atoms with Crippen molar-refractivity contribution in [2.75, 3.05) is 39.4 Å². The van der Waals surface area contributed by atoms with Gasteiger partial charge in [-0.15, -0.1) is 0 Å². The molecule has 2 aromatic rings. The number of aromatic nitrogens is 2. The molecule has 0 saturated carbocycles. The van der Waals surface area contributed by atoms with Gasteiger partial charge in [0.15, 0.2) is 5.96 Å². The van der Waals surface area contributed by atoms with Crippen molar-refractivity contribution in [3.63, 3.8) is 0 Å². The van der Waals surface area contributed by atoms with Gasteiger partial charge in [0.05, 0.1) is 26.0 Å². The van der Waals surface area contributed by atoms with Crippen molar-refractivity contribution in [2.24, 2.45) is 12.0 Å². The first-order chi connectivity index (χ1) is 14.2. The summed E-state index contributed by atoms with van der Waals surface area (Å²) < 4.78 is 13.5. The Balaban J connectivity index is 1.60. The molecule has 7 heteroatoms. The predicted molar refractivity (Wildman–Crippen MR) is 115 cm³/mol. The minimum Gasteiger partial charge on any atom is -0.494 e. The minimum absolute atomic E-state index is 0.0219. The lowest BCUT2D eigenvalue weighted by Crippen LogP contribution is -2.48. The summed E-state index contributed by atoms with van der Waals surface area (Å²) in [6.07, 6.45) is 5.82. The maximum absolute atomic E-state index is 5.96. The molecule has 1 saturated heterocycles. The number of hydrogen-bond donors (Lipinski definition) is 1. The lowest BCUT2D eigenvalue weighted by atomic mass is 10.1. The molecule has 1 unspecified atom stereocenters. The highest BCUT2D eigenvalue weighted by molar-refractivity contribution is 5.80. The average molecular weight is 400 g/mol. The number of rotatable bonds is 8. The molecule has 0 radical (unpaired) electrons. The quantitative estimate of drug-likeness (QED) is 0.546. The fourth-order valence-corrected chi connectivity index (χ4v) is 3.38. The standard InChI is InChI=1S/C22H33N5O2/c1-4-12-28-20-8-6-7-18(14-20)9-10-24-22(23-5-2)27-11-13-29-21(17-27)19-15-25-26(3)16-19/h6-8,14-16,21H,4-5,9-13,17H2,1-3H3,(H,23,24). The molecule has 3 rings (SSSR count). The minimum atomic E-state index is 0.0219. The van der Waals surface area contributed by atoms with Gasteiger partial charge in [-0.25, -0.2) is 0 Å². The van der Waals surface area contributed by atoms with E-state index < -0.39 is 0 Å². The van der Waals surface area contributed by atoms with Crippen LogP contribution in [0.15, 0.2) is 41.7 Å². The zero-order chi connectivity index (χ0) is 20.5. The maximum Gasteiger partial charge on any atom is 0.194 e. The van der Waals surface area contributed by atoms with Gasteiger partial charge in [0.2, 0.25) is 0 Å². The van der Waals surface area contributed by atoms with Crippen LogP contribution in [-0.4, -0.2) is 60.0 Å². The molecule has 2 heterocycles. The number of guanidine groups is 1. The van der Waals surface area contributed by atoms with Gasteiger partial charge in [-0.1, -0.05) is 19.1 Å². The van der Waals surface area contributed by atoms with Crippen molar-refractivity contribution in [3.05, 3.63) is 47.8 Å². The molecular weight excluding hydrogens is 366 g/mol. The van der Waals surface area contributed by atoms with E-state index >= 15 is 0 Å². The van der Waals surface area contributed by atoms with Crippen LogP contribution in [0.2, 0.25) is 0 Å². The molecule has 1 aliphatic heterocycles. The van der Waals surface area contributed by atoms with Crippen LogP contribution in [0.4, 0.5) is 0 Å². The van der Waals surface area contributed by atoms with E-state index in [-0.39, 0.29) is 6.10 Å². The summed E-state index contributed by atoms with van der Waals surface area (Å²) in [6, 6.07) is 8.31. The van der Waals surface area contributed by atoms with Crippen molar-refractivity contribution in [1.29, 1.82) is 0 Å². The number of morpholine rings is 1. The van der Waals surface area contributed by atoms with E-state index in [4.69, 9.17) is 14.5 Å². The number of hydrogen-bond acceptors (Lipinski definition) is 4. The summed E-state index contributed by atoms with van der Waals surface area (Å²) in [4.78, 5) is 7.16. The molecule has 0 aliphatic carbocycles. The predicted octanol–water partition coefficient (Wildman–Crippen LogP) is 2.79. The molecule has 7 nitrogen and oxygen atoms in total. The van der Waals surface area contributed by atoms with Crippen LogP contribution in [0.5, 0.6) is 5.75 Å². The summed E-state index contributed by atoms with van der Waals surface area (Å²) in [6.45, 7) is 8.83. The first kappa shape index (κ1) is 21.2. The van der Waals surface area contributed by atoms with Crippen molar-refractivity contribution >= 4 is 5.96 Å². The van der Waals surface area contributed by atoms with E-state index in [0.29, 0.717) is 6.61 Å². The van der Waals surface area contributed by atoms with Gasteiger partial charge >= 0.3 is 0 Å². The number of benzene rings is 1. The third-order valence-corrected chi connectivity index (χ3v) is 4.83. The van der Waals surface area contributed by atoms with Gasteiger partial charge < -0.3 is 19.7 Å². The Morgan fingerprint density at radius 2 is 2.28 bits per heavy atom. The SMILES string of the molecule is CCCOc1cccc(CCN=C(NCC)N2CCOC(c3cnn(C)c3)C2)c1. The number of nitrogens with zero attached hydrogens (tertiary/aromatic N) is 4. The molecule has 1 aromatic carbocycles. The summed E-state index contributed by atoms with van der Waals surface area (Å²) in [5.74, 6) is 1.89. The summed E-state index contributed by atoms with van der Waals surface area (Å²) in [7, 11) is 1.93. The van der Waals surface area contributed by atoms with E-state index in [0.717, 1.165) is 62.9 Å². The van der Waals surface area contributed by atoms with Gasteiger partial charge in [-0.2, -0.15) is 5.10 Å². The molecule has 29 heavy (non-hydrogen) atoms. The second kappa shape index (κ2) is 10.9. The van der Waals surface area contributed by atoms with E-state index in [1.165, 1.54) is 5.56 Å². The average Bonchev–Trinajstić information content (AvgIpc) is 3.18. The van der Waals surface area contributed by atoms with Gasteiger partial charge in [0, 0.05) is 38.4 Å². The van der Waals surface area contributed by atoms with Crippen LogP contribution in [-0.2, 0) is 18.2 Å². The van der Waals surface area contributed by atoms with E-state index in [2.05, 4.69) is 47.4 Å². The van der Waals surface area contributed by atoms with Crippen LogP contribution in [0.25, 0.3) is 0 Å². The van der Waals surface area contributed by atoms with Crippen molar-refractivity contribution in [3.8, 4) is 5.75 Å². The lowest BCUT2D eigenvalue weighted by Gasteiger charge is -2.34. The Morgan fingerprint density at radius 1 is 1.38 bits per heavy atom. The molecule has 0 bridgehead atoms. The normalized spacial score (nSPS) is 17.4. The fourth-order valence-electron chi connectivity index (χ4n) is 3.38. The third-order valence-electron chi connectivity index (χ3n) is 4.83. The zero-order valence-electron chi connectivity index (χ0n) is 17.8. The van der Waals surface area contributed by atoms with E-state index in [9.17, 15) is 0 Å². The number of aryl methyl sites for hydroxylation is 1. The Morgan fingerprint density at radius 3 is 3.03 bits per heavy atom. The number of ether oxygens (including phenoxy) is 2. The van der Waals surface area contributed by atoms with Crippen molar-refractivity contribution < 1.29 is 9.47 Å². The Bertz CT molecular complexity index is 789. The maximum atomic E-state index is 5.96. The van der Waals surface area contributed by atoms with Crippen molar-refractivity contribution in [1.82, 2.24) is 20.0 Å².